The summed E-state index contributed by atoms with van der Waals surface area (Å²) in [6.45, 7) is 27.0. The third-order valence-electron chi connectivity index (χ3n) is 7.34. The lowest BCUT2D eigenvalue weighted by atomic mass is 9.74. The number of nitrogens with zero attached hydrogens (tertiary/aromatic N) is 1. The zero-order chi connectivity index (χ0) is 25.0. The van der Waals surface area contributed by atoms with Gasteiger partial charge in [0.2, 0.25) is 0 Å². The maximum absolute atomic E-state index is 13.6. The Morgan fingerprint density at radius 1 is 0.750 bits per heavy atom. The van der Waals surface area contributed by atoms with Crippen molar-refractivity contribution in [1.29, 1.82) is 0 Å². The van der Waals surface area contributed by atoms with Crippen LogP contribution in [0.2, 0.25) is 39.3 Å². The molecule has 0 bridgehead atoms. The van der Waals surface area contributed by atoms with E-state index in [-0.39, 0.29) is 23.0 Å². The van der Waals surface area contributed by atoms with Crippen LogP contribution in [0.3, 0.4) is 0 Å². The average molecular weight is 480 g/mol. The molecule has 1 aliphatic carbocycles. The van der Waals surface area contributed by atoms with Crippen LogP contribution in [0, 0.1) is 11.8 Å². The Balaban J connectivity index is 3.16. The summed E-state index contributed by atoms with van der Waals surface area (Å²) in [5, 5.41) is 2.32. The second-order valence-corrected chi connectivity index (χ2v) is 22.3. The summed E-state index contributed by atoms with van der Waals surface area (Å²) >= 11 is 0. The van der Waals surface area contributed by atoms with Gasteiger partial charge >= 0.3 is 11.9 Å². The fraction of sp³-hybridized carbons (Fsp3) is 0.760. The Hall–Kier alpha value is -1.19. The summed E-state index contributed by atoms with van der Waals surface area (Å²) in [5.41, 5.74) is 2.04. The first-order chi connectivity index (χ1) is 14.4. The molecule has 0 aromatic rings. The number of likely N-dealkylation sites (N-methyl/N-ethyl adjacent to an activating group) is 1. The number of esters is 2. The lowest BCUT2D eigenvalue weighted by Gasteiger charge is -2.45. The van der Waals surface area contributed by atoms with E-state index in [2.05, 4.69) is 78.9 Å². The van der Waals surface area contributed by atoms with Gasteiger partial charge in [0.1, 0.15) is 0 Å². The van der Waals surface area contributed by atoms with Gasteiger partial charge < -0.3 is 9.47 Å². The van der Waals surface area contributed by atoms with Gasteiger partial charge in [-0.3, -0.25) is 14.5 Å². The number of carbonyl (C=O) groups is 2. The molecule has 0 aromatic carbocycles. The molecule has 0 N–H and O–H groups in total. The molecule has 2 unspecified atom stereocenters. The topological polar surface area (TPSA) is 55.8 Å². The van der Waals surface area contributed by atoms with Crippen molar-refractivity contribution in [3.8, 4) is 0 Å². The molecule has 1 aliphatic heterocycles. The van der Waals surface area contributed by atoms with E-state index < -0.39 is 28.0 Å². The minimum atomic E-state index is -2.05. The Morgan fingerprint density at radius 2 is 1.03 bits per heavy atom. The van der Waals surface area contributed by atoms with Gasteiger partial charge in [-0.15, -0.1) is 0 Å². The Morgan fingerprint density at radius 3 is 1.25 bits per heavy atom. The fourth-order valence-corrected chi connectivity index (χ4v) is 10.7. The Kier molecular flexibility index (Phi) is 7.23. The van der Waals surface area contributed by atoms with Gasteiger partial charge in [-0.2, -0.15) is 0 Å². The second-order valence-electron chi connectivity index (χ2n) is 12.2. The molecule has 1 saturated heterocycles. The molecular formula is C25H45NO4Si2. The zero-order valence-electron chi connectivity index (χ0n) is 22.6. The average Bonchev–Trinajstić information content (AvgIpc) is 2.76. The first-order valence-electron chi connectivity index (χ1n) is 11.9. The van der Waals surface area contributed by atoms with Crippen LogP contribution in [-0.2, 0) is 19.1 Å². The normalized spacial score (nSPS) is 25.7. The largest absolute Gasteiger partial charge is 0.466 e. The minimum absolute atomic E-state index is 0.260. The smallest absolute Gasteiger partial charge is 0.313 e. The summed E-state index contributed by atoms with van der Waals surface area (Å²) in [5.74, 6) is -1.78. The molecule has 7 heteroatoms. The molecule has 2 rings (SSSR count). The highest BCUT2D eigenvalue weighted by Gasteiger charge is 2.61. The quantitative estimate of drug-likeness (QED) is 0.387. The summed E-state index contributed by atoms with van der Waals surface area (Å²) in [6, 6.07) is 0. The van der Waals surface area contributed by atoms with Crippen molar-refractivity contribution in [2.75, 3.05) is 20.3 Å². The van der Waals surface area contributed by atoms with Crippen molar-refractivity contribution in [1.82, 2.24) is 4.90 Å². The van der Waals surface area contributed by atoms with Gasteiger partial charge in [0.15, 0.2) is 0 Å². The van der Waals surface area contributed by atoms with Crippen molar-refractivity contribution in [3.63, 3.8) is 0 Å². The standard InChI is InChI=1S/C25H45NO4Si2/c1-14-29-22(27)16-17(23(28)30-15-2)21(32(11,12)13)19-18(20(16)31(8,9)10)24(3,4)26(7)25(19,5)6/h16-17H,14-15H2,1-13H3. The van der Waals surface area contributed by atoms with E-state index in [1.165, 1.54) is 11.1 Å². The molecule has 1 fully saturated rings. The minimum Gasteiger partial charge on any atom is -0.466 e. The zero-order valence-corrected chi connectivity index (χ0v) is 24.6. The van der Waals surface area contributed by atoms with E-state index in [1.807, 2.05) is 13.8 Å². The van der Waals surface area contributed by atoms with Gasteiger partial charge in [-0.05, 0) is 59.7 Å². The third kappa shape index (κ3) is 4.20. The van der Waals surface area contributed by atoms with Crippen molar-refractivity contribution in [2.45, 2.75) is 91.9 Å². The van der Waals surface area contributed by atoms with Crippen LogP contribution in [0.4, 0.5) is 0 Å². The number of carbonyl (C=O) groups excluding carboxylic acids is 2. The fourth-order valence-electron chi connectivity index (χ4n) is 5.87. The molecule has 2 atom stereocenters. The lowest BCUT2D eigenvalue weighted by Crippen LogP contribution is -2.51. The number of rotatable bonds is 6. The van der Waals surface area contributed by atoms with E-state index in [1.54, 1.807) is 0 Å². The monoisotopic (exact) mass is 479 g/mol. The summed E-state index contributed by atoms with van der Waals surface area (Å²) in [6.07, 6.45) is 0. The van der Waals surface area contributed by atoms with Crippen molar-refractivity contribution >= 4 is 28.1 Å². The van der Waals surface area contributed by atoms with Crippen LogP contribution in [0.1, 0.15) is 41.5 Å². The van der Waals surface area contributed by atoms with Crippen molar-refractivity contribution in [3.05, 3.63) is 21.5 Å². The van der Waals surface area contributed by atoms with Crippen LogP contribution in [0.5, 0.6) is 0 Å². The van der Waals surface area contributed by atoms with E-state index in [4.69, 9.17) is 9.47 Å². The molecule has 182 valence electrons. The number of ether oxygens (including phenoxy) is 2. The maximum atomic E-state index is 13.6. The predicted molar refractivity (Wildman–Crippen MR) is 137 cm³/mol. The maximum Gasteiger partial charge on any atom is 0.313 e. The van der Waals surface area contributed by atoms with Crippen LogP contribution in [0.25, 0.3) is 0 Å². The third-order valence-corrected chi connectivity index (χ3v) is 11.7. The number of fused-ring (bicyclic) bond motifs is 1. The second kappa shape index (κ2) is 8.55. The molecule has 5 nitrogen and oxygen atoms in total. The molecule has 0 spiro atoms. The highest BCUT2D eigenvalue weighted by Crippen LogP contribution is 2.58. The predicted octanol–water partition coefficient (Wildman–Crippen LogP) is 5.21. The van der Waals surface area contributed by atoms with Crippen LogP contribution in [0.15, 0.2) is 21.5 Å². The molecular weight excluding hydrogens is 434 g/mol. The van der Waals surface area contributed by atoms with E-state index >= 15 is 0 Å². The van der Waals surface area contributed by atoms with E-state index in [0.717, 1.165) is 10.4 Å². The van der Waals surface area contributed by atoms with E-state index in [0.29, 0.717) is 13.2 Å². The number of hydrogen-bond acceptors (Lipinski definition) is 5. The molecule has 0 radical (unpaired) electrons. The molecule has 2 aliphatic rings. The van der Waals surface area contributed by atoms with Crippen LogP contribution in [-0.4, -0.2) is 64.3 Å². The Bertz CT molecular complexity index is 786. The first-order valence-corrected chi connectivity index (χ1v) is 18.9. The molecule has 0 aromatic heterocycles. The van der Waals surface area contributed by atoms with E-state index in [9.17, 15) is 9.59 Å². The van der Waals surface area contributed by atoms with Crippen LogP contribution >= 0.6 is 0 Å². The van der Waals surface area contributed by atoms with Gasteiger partial charge in [0.05, 0.1) is 41.2 Å². The number of hydrogen-bond donors (Lipinski definition) is 0. The summed E-state index contributed by atoms with van der Waals surface area (Å²) in [7, 11) is -1.94. The molecule has 0 amide bonds. The van der Waals surface area contributed by atoms with Gasteiger partial charge in [0, 0.05) is 11.1 Å². The van der Waals surface area contributed by atoms with Crippen molar-refractivity contribution in [2.24, 2.45) is 11.8 Å². The molecule has 1 heterocycles. The molecule has 0 saturated carbocycles. The highest BCUT2D eigenvalue weighted by atomic mass is 28.3. The summed E-state index contributed by atoms with van der Waals surface area (Å²) < 4.78 is 11.3. The van der Waals surface area contributed by atoms with Gasteiger partial charge in [0.25, 0.3) is 0 Å². The van der Waals surface area contributed by atoms with Crippen LogP contribution < -0.4 is 0 Å². The lowest BCUT2D eigenvalue weighted by molar-refractivity contribution is -0.157. The summed E-state index contributed by atoms with van der Waals surface area (Å²) in [4.78, 5) is 29.7. The van der Waals surface area contributed by atoms with Crippen molar-refractivity contribution < 1.29 is 19.1 Å². The SMILES string of the molecule is CCOC(=O)C1C([Si](C)(C)C)=C2C(=C([Si](C)(C)C)C1C(=O)OCC)C(C)(C)N(C)C2(C)C. The molecule has 32 heavy (non-hydrogen) atoms. The Labute approximate surface area is 197 Å². The highest BCUT2D eigenvalue weighted by molar-refractivity contribution is 6.85. The van der Waals surface area contributed by atoms with Gasteiger partial charge in [-0.25, -0.2) is 0 Å². The number of likely N-dealkylation sites (tertiary alicyclic amines) is 1. The first kappa shape index (κ1) is 27.1. The van der Waals surface area contributed by atoms with Gasteiger partial charge in [-0.1, -0.05) is 49.7 Å².